The van der Waals surface area contributed by atoms with E-state index in [9.17, 15) is 9.18 Å². The fourth-order valence-corrected chi connectivity index (χ4v) is 4.02. The normalized spacial score (nSPS) is 17.8. The minimum absolute atomic E-state index is 0.0326. The number of pyridine rings is 2. The highest BCUT2D eigenvalue weighted by molar-refractivity contribution is 5.98. The predicted molar refractivity (Wildman–Crippen MR) is 129 cm³/mol. The van der Waals surface area contributed by atoms with Crippen molar-refractivity contribution < 1.29 is 13.9 Å². The number of nitrogens with zero attached hydrogens (tertiary/aromatic N) is 2. The zero-order valence-corrected chi connectivity index (χ0v) is 18.8. The van der Waals surface area contributed by atoms with Crippen molar-refractivity contribution in [1.82, 2.24) is 9.97 Å². The maximum atomic E-state index is 14.7. The van der Waals surface area contributed by atoms with Crippen LogP contribution in [0.15, 0.2) is 54.9 Å². The maximum Gasteiger partial charge on any atom is 0.252 e. The van der Waals surface area contributed by atoms with Crippen LogP contribution >= 0.6 is 0 Å². The molecule has 0 spiro atoms. The van der Waals surface area contributed by atoms with Gasteiger partial charge in [-0.1, -0.05) is 43.2 Å². The van der Waals surface area contributed by atoms with E-state index in [0.29, 0.717) is 18.9 Å². The first kappa shape index (κ1) is 23.6. The summed E-state index contributed by atoms with van der Waals surface area (Å²) in [4.78, 5) is 20.5. The highest BCUT2D eigenvalue weighted by Gasteiger charge is 2.24. The van der Waals surface area contributed by atoms with Crippen LogP contribution in [0.2, 0.25) is 0 Å². The molecule has 0 radical (unpaired) electrons. The smallest absolute Gasteiger partial charge is 0.252 e. The van der Waals surface area contributed by atoms with Crippen LogP contribution in [0.3, 0.4) is 0 Å². The van der Waals surface area contributed by atoms with Gasteiger partial charge in [0.05, 0.1) is 30.7 Å². The third-order valence-corrected chi connectivity index (χ3v) is 5.82. The number of benzene rings is 1. The Hall–Kier alpha value is -3.56. The fourth-order valence-electron chi connectivity index (χ4n) is 4.02. The van der Waals surface area contributed by atoms with Gasteiger partial charge in [0.2, 0.25) is 0 Å². The number of rotatable bonds is 9. The van der Waals surface area contributed by atoms with Crippen molar-refractivity contribution in [1.29, 1.82) is 0 Å². The fraction of sp³-hybridized carbons (Fsp3) is 0.320. The number of ether oxygens (including phenoxy) is 1. The van der Waals surface area contributed by atoms with Crippen molar-refractivity contribution in [3.8, 4) is 0 Å². The van der Waals surface area contributed by atoms with Gasteiger partial charge in [-0.3, -0.25) is 9.78 Å². The van der Waals surface area contributed by atoms with E-state index in [-0.39, 0.29) is 29.3 Å². The maximum absolute atomic E-state index is 14.7. The minimum Gasteiger partial charge on any atom is -0.372 e. The Bertz CT molecular complexity index is 1130. The Labute approximate surface area is 197 Å². The summed E-state index contributed by atoms with van der Waals surface area (Å²) >= 11 is 0. The van der Waals surface area contributed by atoms with E-state index in [1.54, 1.807) is 12.4 Å². The molecule has 0 aliphatic heterocycles. The number of amides is 1. The standard InChI is InChI=1S/C25H29FN6O2/c26-20-11-19(23(28)33)24(32-25(20)31-22-9-5-4-8-21(22)27)30-18-10-17(12-29-13-18)15-34-14-16-6-2-1-3-7-16/h1-3,6-7,10-13,21-22H,4-5,8-9,14-15,27H2,(H2,28,33)(H2,30,31,32). The molecule has 1 aromatic carbocycles. The van der Waals surface area contributed by atoms with Gasteiger partial charge in [-0.05, 0) is 36.1 Å². The highest BCUT2D eigenvalue weighted by Crippen LogP contribution is 2.27. The number of aromatic nitrogens is 2. The summed E-state index contributed by atoms with van der Waals surface area (Å²) in [5, 5.41) is 6.16. The van der Waals surface area contributed by atoms with Crippen molar-refractivity contribution in [3.63, 3.8) is 0 Å². The summed E-state index contributed by atoms with van der Waals surface area (Å²) in [5.41, 5.74) is 14.1. The topological polar surface area (TPSA) is 128 Å². The largest absolute Gasteiger partial charge is 0.372 e. The first-order valence-corrected chi connectivity index (χ1v) is 11.3. The van der Waals surface area contributed by atoms with Gasteiger partial charge in [-0.2, -0.15) is 0 Å². The van der Waals surface area contributed by atoms with Crippen LogP contribution in [0.1, 0.15) is 47.2 Å². The Balaban J connectivity index is 1.49. The first-order chi connectivity index (χ1) is 16.5. The molecular formula is C25H29FN6O2. The lowest BCUT2D eigenvalue weighted by Crippen LogP contribution is -2.43. The van der Waals surface area contributed by atoms with Crippen molar-refractivity contribution >= 4 is 23.2 Å². The average molecular weight is 465 g/mol. The van der Waals surface area contributed by atoms with E-state index in [0.717, 1.165) is 42.9 Å². The van der Waals surface area contributed by atoms with Gasteiger partial charge in [0.15, 0.2) is 11.6 Å². The molecule has 9 heteroatoms. The summed E-state index contributed by atoms with van der Waals surface area (Å²) in [6, 6.07) is 12.6. The lowest BCUT2D eigenvalue weighted by Gasteiger charge is -2.30. The third-order valence-electron chi connectivity index (χ3n) is 5.82. The van der Waals surface area contributed by atoms with Crippen molar-refractivity contribution in [2.45, 2.75) is 51.0 Å². The first-order valence-electron chi connectivity index (χ1n) is 11.3. The third kappa shape index (κ3) is 6.06. The van der Waals surface area contributed by atoms with Crippen molar-refractivity contribution in [2.24, 2.45) is 11.5 Å². The molecule has 2 unspecified atom stereocenters. The molecule has 4 rings (SSSR count). The number of hydrogen-bond acceptors (Lipinski definition) is 7. The Morgan fingerprint density at radius 3 is 2.59 bits per heavy atom. The second-order valence-corrected chi connectivity index (χ2v) is 8.46. The molecule has 1 aliphatic rings. The predicted octanol–water partition coefficient (Wildman–Crippen LogP) is 3.86. The van der Waals surface area contributed by atoms with Crippen LogP contribution in [0.4, 0.5) is 21.7 Å². The summed E-state index contributed by atoms with van der Waals surface area (Å²) in [7, 11) is 0. The SMILES string of the molecule is NC(=O)c1cc(F)c(NC2CCCCC2N)nc1Nc1cncc(COCc2ccccc2)c1. The molecule has 1 amide bonds. The lowest BCUT2D eigenvalue weighted by atomic mass is 9.91. The minimum atomic E-state index is -0.787. The number of hydrogen-bond donors (Lipinski definition) is 4. The molecule has 8 nitrogen and oxygen atoms in total. The van der Waals surface area contributed by atoms with Gasteiger partial charge in [0.1, 0.15) is 5.82 Å². The number of halogens is 1. The molecule has 2 atom stereocenters. The molecule has 1 saturated carbocycles. The van der Waals surface area contributed by atoms with Crippen molar-refractivity contribution in [3.05, 3.63) is 77.4 Å². The van der Waals surface area contributed by atoms with Crippen LogP contribution in [0.25, 0.3) is 0 Å². The summed E-state index contributed by atoms with van der Waals surface area (Å²) in [6.45, 7) is 0.825. The molecule has 3 aromatic rings. The van der Waals surface area contributed by atoms with Crippen molar-refractivity contribution in [2.75, 3.05) is 10.6 Å². The molecule has 34 heavy (non-hydrogen) atoms. The van der Waals surface area contributed by atoms with Crippen LogP contribution in [-0.2, 0) is 18.0 Å². The second-order valence-electron chi connectivity index (χ2n) is 8.46. The highest BCUT2D eigenvalue weighted by atomic mass is 19.1. The van der Waals surface area contributed by atoms with E-state index in [1.165, 1.54) is 0 Å². The molecule has 2 heterocycles. The number of carbonyl (C=O) groups excluding carboxylic acids is 1. The monoisotopic (exact) mass is 464 g/mol. The summed E-state index contributed by atoms with van der Waals surface area (Å²) in [6.07, 6.45) is 7.05. The van der Waals surface area contributed by atoms with Gasteiger partial charge < -0.3 is 26.8 Å². The van der Waals surface area contributed by atoms with E-state index in [2.05, 4.69) is 20.6 Å². The molecular weight excluding hydrogens is 435 g/mol. The number of anilines is 3. The number of carbonyl (C=O) groups is 1. The molecule has 0 bridgehead atoms. The Morgan fingerprint density at radius 2 is 1.82 bits per heavy atom. The lowest BCUT2D eigenvalue weighted by molar-refractivity contribution is 0.100. The van der Waals surface area contributed by atoms with Gasteiger partial charge in [-0.25, -0.2) is 9.37 Å². The quantitative estimate of drug-likeness (QED) is 0.379. The second kappa shape index (κ2) is 11.0. The van der Waals surface area contributed by atoms with Crippen LogP contribution in [0, 0.1) is 5.82 Å². The number of primary amides is 1. The van der Waals surface area contributed by atoms with E-state index in [4.69, 9.17) is 16.2 Å². The molecule has 6 N–H and O–H groups in total. The average Bonchev–Trinajstić information content (AvgIpc) is 2.83. The van der Waals surface area contributed by atoms with Crippen LogP contribution in [0.5, 0.6) is 0 Å². The summed E-state index contributed by atoms with van der Waals surface area (Å²) < 4.78 is 20.5. The Morgan fingerprint density at radius 1 is 1.06 bits per heavy atom. The zero-order chi connectivity index (χ0) is 23.9. The molecule has 1 fully saturated rings. The van der Waals surface area contributed by atoms with Crippen LogP contribution in [-0.4, -0.2) is 28.0 Å². The molecule has 0 saturated heterocycles. The van der Waals surface area contributed by atoms with E-state index < -0.39 is 11.7 Å². The van der Waals surface area contributed by atoms with Crippen LogP contribution < -0.4 is 22.1 Å². The summed E-state index contributed by atoms with van der Waals surface area (Å²) in [5.74, 6) is -1.27. The molecule has 2 aromatic heterocycles. The van der Waals surface area contributed by atoms with E-state index >= 15 is 0 Å². The zero-order valence-electron chi connectivity index (χ0n) is 18.8. The van der Waals surface area contributed by atoms with Gasteiger partial charge >= 0.3 is 0 Å². The number of nitrogens with one attached hydrogen (secondary N) is 2. The van der Waals surface area contributed by atoms with Gasteiger partial charge in [-0.15, -0.1) is 0 Å². The molecule has 178 valence electrons. The Kier molecular flexibility index (Phi) is 7.66. The van der Waals surface area contributed by atoms with Gasteiger partial charge in [0.25, 0.3) is 5.91 Å². The van der Waals surface area contributed by atoms with Gasteiger partial charge in [0, 0.05) is 18.3 Å². The number of nitrogens with two attached hydrogens (primary N) is 2. The van der Waals surface area contributed by atoms with E-state index in [1.807, 2.05) is 36.4 Å². The molecule has 1 aliphatic carbocycles.